The average Bonchev–Trinajstić information content (AvgIpc) is 2.47. The third-order valence-corrected chi connectivity index (χ3v) is 3.27. The molecule has 2 N–H and O–H groups in total. The molecule has 2 aromatic rings. The Balaban J connectivity index is 2.00. The molecular weight excluding hydrogens is 292 g/mol. The quantitative estimate of drug-likeness (QED) is 0.656. The molecule has 0 aliphatic rings. The van der Waals surface area contributed by atoms with E-state index in [-0.39, 0.29) is 5.69 Å². The van der Waals surface area contributed by atoms with Crippen LogP contribution in [0.25, 0.3) is 0 Å². The highest BCUT2D eigenvalue weighted by molar-refractivity contribution is 6.32. The maximum absolute atomic E-state index is 10.6. The molecule has 21 heavy (non-hydrogen) atoms. The third-order valence-electron chi connectivity index (χ3n) is 2.97. The van der Waals surface area contributed by atoms with Crippen LogP contribution in [0.3, 0.4) is 0 Å². The number of halogens is 1. The van der Waals surface area contributed by atoms with E-state index >= 15 is 0 Å². The van der Waals surface area contributed by atoms with Gasteiger partial charge < -0.3 is 10.5 Å². The van der Waals surface area contributed by atoms with Gasteiger partial charge in [0.25, 0.3) is 5.69 Å². The Bertz CT molecular complexity index is 629. The van der Waals surface area contributed by atoms with E-state index in [1.54, 1.807) is 18.2 Å². The summed E-state index contributed by atoms with van der Waals surface area (Å²) in [5.74, 6) is 0.579. The van der Waals surface area contributed by atoms with Crippen molar-refractivity contribution in [2.75, 3.05) is 6.54 Å². The Morgan fingerprint density at radius 3 is 2.38 bits per heavy atom. The predicted molar refractivity (Wildman–Crippen MR) is 81.6 cm³/mol. The number of rotatable bonds is 6. The third kappa shape index (κ3) is 4.18. The van der Waals surface area contributed by atoms with Crippen molar-refractivity contribution >= 4 is 17.3 Å². The lowest BCUT2D eigenvalue weighted by molar-refractivity contribution is -0.384. The summed E-state index contributed by atoms with van der Waals surface area (Å²) < 4.78 is 5.62. The normalized spacial score (nSPS) is 10.4. The van der Waals surface area contributed by atoms with Crippen molar-refractivity contribution in [2.24, 2.45) is 5.73 Å². The van der Waals surface area contributed by atoms with Gasteiger partial charge in [-0.15, -0.1) is 0 Å². The molecule has 0 spiro atoms. The number of nitro groups is 1. The second-order valence-corrected chi connectivity index (χ2v) is 4.92. The molecule has 0 aliphatic heterocycles. The van der Waals surface area contributed by atoms with E-state index in [2.05, 4.69) is 0 Å². The van der Waals surface area contributed by atoms with Gasteiger partial charge in [-0.1, -0.05) is 17.7 Å². The molecule has 0 unspecified atom stereocenters. The van der Waals surface area contributed by atoms with Crippen molar-refractivity contribution in [1.29, 1.82) is 0 Å². The summed E-state index contributed by atoms with van der Waals surface area (Å²) in [6.07, 6.45) is 0.766. The first-order valence-electron chi connectivity index (χ1n) is 6.45. The van der Waals surface area contributed by atoms with Crippen molar-refractivity contribution in [3.05, 3.63) is 68.7 Å². The van der Waals surface area contributed by atoms with Crippen molar-refractivity contribution in [3.63, 3.8) is 0 Å². The Morgan fingerprint density at radius 2 is 1.81 bits per heavy atom. The molecular formula is C15H15ClN2O3. The molecule has 0 bridgehead atoms. The lowest BCUT2D eigenvalue weighted by Crippen LogP contribution is -2.03. The number of hydrogen-bond acceptors (Lipinski definition) is 4. The Labute approximate surface area is 127 Å². The molecule has 0 radical (unpaired) electrons. The van der Waals surface area contributed by atoms with Crippen LogP contribution in [-0.2, 0) is 13.0 Å². The van der Waals surface area contributed by atoms with Crippen LogP contribution in [0.4, 0.5) is 5.69 Å². The Kier molecular flexibility index (Phi) is 5.14. The highest BCUT2D eigenvalue weighted by atomic mass is 35.5. The summed E-state index contributed by atoms with van der Waals surface area (Å²) in [7, 11) is 0. The standard InChI is InChI=1S/C15H15ClN2O3/c16-14-9-11(7-8-17)3-6-15(14)21-10-12-1-4-13(5-2-12)18(19)20/h1-6,9H,7-8,10,17H2. The molecule has 0 aromatic heterocycles. The van der Waals surface area contributed by atoms with Gasteiger partial charge in [0, 0.05) is 12.1 Å². The SMILES string of the molecule is NCCc1ccc(OCc2ccc([N+](=O)[O-])cc2)c(Cl)c1. The van der Waals surface area contributed by atoms with Crippen molar-refractivity contribution in [1.82, 2.24) is 0 Å². The van der Waals surface area contributed by atoms with Gasteiger partial charge in [0.15, 0.2) is 0 Å². The highest BCUT2D eigenvalue weighted by Gasteiger charge is 2.06. The van der Waals surface area contributed by atoms with Crippen molar-refractivity contribution in [2.45, 2.75) is 13.0 Å². The monoisotopic (exact) mass is 306 g/mol. The van der Waals surface area contributed by atoms with Crippen LogP contribution in [0, 0.1) is 10.1 Å². The van der Waals surface area contributed by atoms with E-state index in [4.69, 9.17) is 22.1 Å². The zero-order valence-electron chi connectivity index (χ0n) is 11.3. The van der Waals surface area contributed by atoms with E-state index in [1.807, 2.05) is 12.1 Å². The molecule has 6 heteroatoms. The van der Waals surface area contributed by atoms with Crippen LogP contribution in [0.2, 0.25) is 5.02 Å². The van der Waals surface area contributed by atoms with Crippen LogP contribution in [0.15, 0.2) is 42.5 Å². The second kappa shape index (κ2) is 7.06. The molecule has 0 heterocycles. The van der Waals surface area contributed by atoms with Crippen LogP contribution in [0.1, 0.15) is 11.1 Å². The zero-order chi connectivity index (χ0) is 15.2. The summed E-state index contributed by atoms with van der Waals surface area (Å²) in [4.78, 5) is 10.1. The first-order chi connectivity index (χ1) is 10.1. The maximum Gasteiger partial charge on any atom is 0.269 e. The molecule has 110 valence electrons. The van der Waals surface area contributed by atoms with Crippen LogP contribution in [0.5, 0.6) is 5.75 Å². The molecule has 0 atom stereocenters. The molecule has 0 aliphatic carbocycles. The molecule has 0 amide bonds. The number of nitrogens with zero attached hydrogens (tertiary/aromatic N) is 1. The zero-order valence-corrected chi connectivity index (χ0v) is 12.0. The van der Waals surface area contributed by atoms with Gasteiger partial charge in [0.05, 0.1) is 9.95 Å². The number of non-ortho nitro benzene ring substituents is 1. The maximum atomic E-state index is 10.6. The number of benzene rings is 2. The van der Waals surface area contributed by atoms with Gasteiger partial charge in [0.2, 0.25) is 0 Å². The lowest BCUT2D eigenvalue weighted by Gasteiger charge is -2.09. The fourth-order valence-electron chi connectivity index (χ4n) is 1.86. The first-order valence-corrected chi connectivity index (χ1v) is 6.82. The van der Waals surface area contributed by atoms with Gasteiger partial charge in [-0.25, -0.2) is 0 Å². The van der Waals surface area contributed by atoms with E-state index in [1.165, 1.54) is 12.1 Å². The summed E-state index contributed by atoms with van der Waals surface area (Å²) in [5.41, 5.74) is 7.45. The first kappa shape index (κ1) is 15.3. The molecule has 5 nitrogen and oxygen atoms in total. The fourth-order valence-corrected chi connectivity index (χ4v) is 2.12. The summed E-state index contributed by atoms with van der Waals surface area (Å²) in [6, 6.07) is 11.8. The predicted octanol–water partition coefficient (Wildman–Crippen LogP) is 3.33. The van der Waals surface area contributed by atoms with Gasteiger partial charge in [-0.2, -0.15) is 0 Å². The molecule has 0 saturated heterocycles. The molecule has 2 aromatic carbocycles. The van der Waals surface area contributed by atoms with Crippen molar-refractivity contribution in [3.8, 4) is 5.75 Å². The smallest absolute Gasteiger partial charge is 0.269 e. The number of nitro benzene ring substituents is 1. The van der Waals surface area contributed by atoms with Crippen LogP contribution in [-0.4, -0.2) is 11.5 Å². The summed E-state index contributed by atoms with van der Waals surface area (Å²) >= 11 is 6.14. The number of ether oxygens (including phenoxy) is 1. The minimum Gasteiger partial charge on any atom is -0.487 e. The Morgan fingerprint density at radius 1 is 1.14 bits per heavy atom. The average molecular weight is 307 g/mol. The number of hydrogen-bond donors (Lipinski definition) is 1. The second-order valence-electron chi connectivity index (χ2n) is 4.52. The topological polar surface area (TPSA) is 78.4 Å². The van der Waals surface area contributed by atoms with E-state index in [0.29, 0.717) is 23.9 Å². The largest absolute Gasteiger partial charge is 0.487 e. The number of nitrogens with two attached hydrogens (primary N) is 1. The molecule has 0 fully saturated rings. The molecule has 2 rings (SSSR count). The molecule has 0 saturated carbocycles. The van der Waals surface area contributed by atoms with Gasteiger partial charge >= 0.3 is 0 Å². The van der Waals surface area contributed by atoms with Gasteiger partial charge in [0.1, 0.15) is 12.4 Å². The fraction of sp³-hybridized carbons (Fsp3) is 0.200. The van der Waals surface area contributed by atoms with Gasteiger partial charge in [-0.05, 0) is 48.4 Å². The van der Waals surface area contributed by atoms with E-state index < -0.39 is 4.92 Å². The van der Waals surface area contributed by atoms with E-state index in [9.17, 15) is 10.1 Å². The van der Waals surface area contributed by atoms with Crippen molar-refractivity contribution < 1.29 is 9.66 Å². The summed E-state index contributed by atoms with van der Waals surface area (Å²) in [5, 5.41) is 11.1. The van der Waals surface area contributed by atoms with Crippen LogP contribution < -0.4 is 10.5 Å². The van der Waals surface area contributed by atoms with Gasteiger partial charge in [-0.3, -0.25) is 10.1 Å². The minimum atomic E-state index is -0.433. The lowest BCUT2D eigenvalue weighted by atomic mass is 10.1. The minimum absolute atomic E-state index is 0.0583. The Hall–Kier alpha value is -2.11. The summed E-state index contributed by atoms with van der Waals surface area (Å²) in [6.45, 7) is 0.868. The highest BCUT2D eigenvalue weighted by Crippen LogP contribution is 2.26. The van der Waals surface area contributed by atoms with E-state index in [0.717, 1.165) is 17.5 Å². The van der Waals surface area contributed by atoms with Crippen LogP contribution >= 0.6 is 11.6 Å².